The van der Waals surface area contributed by atoms with Gasteiger partial charge in [0, 0.05) is 13.0 Å². The Kier molecular flexibility index (Phi) is 3.48. The van der Waals surface area contributed by atoms with Gasteiger partial charge in [0.1, 0.15) is 0 Å². The lowest BCUT2D eigenvalue weighted by atomic mass is 9.80. The number of benzene rings is 1. The fourth-order valence-corrected chi connectivity index (χ4v) is 2.37. The molecular formula is C14H18O3. The lowest BCUT2D eigenvalue weighted by molar-refractivity contribution is -0.168. The van der Waals surface area contributed by atoms with Crippen molar-refractivity contribution in [3.8, 4) is 0 Å². The van der Waals surface area contributed by atoms with Crippen LogP contribution in [0.3, 0.4) is 0 Å². The Morgan fingerprint density at radius 3 is 2.76 bits per heavy atom. The first-order valence-corrected chi connectivity index (χ1v) is 6.12. The Morgan fingerprint density at radius 1 is 1.41 bits per heavy atom. The van der Waals surface area contributed by atoms with Crippen molar-refractivity contribution in [2.24, 2.45) is 0 Å². The van der Waals surface area contributed by atoms with Crippen molar-refractivity contribution in [2.75, 3.05) is 6.61 Å². The zero-order valence-electron chi connectivity index (χ0n) is 10.1. The Morgan fingerprint density at radius 2 is 2.12 bits per heavy atom. The minimum atomic E-state index is -1.01. The number of aliphatic carboxylic acids is 1. The number of carboxylic acid groups (broad SMARTS) is 1. The zero-order valence-corrected chi connectivity index (χ0v) is 10.1. The van der Waals surface area contributed by atoms with E-state index in [0.717, 1.165) is 18.4 Å². The molecule has 3 nitrogen and oxygen atoms in total. The highest BCUT2D eigenvalue weighted by Gasteiger charge is 2.42. The minimum Gasteiger partial charge on any atom is -0.479 e. The third kappa shape index (κ3) is 2.34. The fraction of sp³-hybridized carbons (Fsp3) is 0.500. The summed E-state index contributed by atoms with van der Waals surface area (Å²) in [6.07, 6.45) is 2.68. The smallest absolute Gasteiger partial charge is 0.336 e. The fourth-order valence-electron chi connectivity index (χ4n) is 2.37. The lowest BCUT2D eigenvalue weighted by Gasteiger charge is -2.34. The van der Waals surface area contributed by atoms with Gasteiger partial charge in [-0.3, -0.25) is 0 Å². The first-order valence-electron chi connectivity index (χ1n) is 6.12. The molecule has 0 bridgehead atoms. The van der Waals surface area contributed by atoms with Crippen LogP contribution < -0.4 is 0 Å². The van der Waals surface area contributed by atoms with E-state index in [1.807, 2.05) is 25.1 Å². The number of aryl methyl sites for hydroxylation is 1. The van der Waals surface area contributed by atoms with E-state index in [9.17, 15) is 9.90 Å². The maximum atomic E-state index is 11.5. The van der Waals surface area contributed by atoms with Gasteiger partial charge in [0.25, 0.3) is 0 Å². The molecule has 1 atom stereocenters. The molecule has 1 aliphatic rings. The number of fused-ring (bicyclic) bond motifs is 1. The van der Waals surface area contributed by atoms with Crippen LogP contribution in [-0.2, 0) is 22.4 Å². The van der Waals surface area contributed by atoms with E-state index in [0.29, 0.717) is 19.4 Å². The first-order chi connectivity index (χ1) is 8.18. The van der Waals surface area contributed by atoms with Gasteiger partial charge in [-0.2, -0.15) is 0 Å². The molecule has 0 saturated heterocycles. The third-order valence-electron chi connectivity index (χ3n) is 3.36. The summed E-state index contributed by atoms with van der Waals surface area (Å²) < 4.78 is 5.64. The molecule has 1 aliphatic carbocycles. The van der Waals surface area contributed by atoms with Crippen molar-refractivity contribution < 1.29 is 14.6 Å². The van der Waals surface area contributed by atoms with Gasteiger partial charge in [-0.25, -0.2) is 4.79 Å². The third-order valence-corrected chi connectivity index (χ3v) is 3.36. The van der Waals surface area contributed by atoms with Gasteiger partial charge in [0.15, 0.2) is 5.60 Å². The number of ether oxygens (including phenoxy) is 1. The molecule has 1 aromatic rings. The molecule has 2 rings (SSSR count). The van der Waals surface area contributed by atoms with Crippen LogP contribution in [0.15, 0.2) is 24.3 Å². The average Bonchev–Trinajstić information content (AvgIpc) is 2.36. The van der Waals surface area contributed by atoms with Gasteiger partial charge in [-0.1, -0.05) is 31.2 Å². The SMILES string of the molecule is CCCOC1(C(=O)O)CCc2ccccc2C1. The molecule has 1 N–H and O–H groups in total. The molecule has 0 aliphatic heterocycles. The van der Waals surface area contributed by atoms with E-state index in [2.05, 4.69) is 6.07 Å². The molecular weight excluding hydrogens is 216 g/mol. The molecule has 92 valence electrons. The second-order valence-corrected chi connectivity index (χ2v) is 4.59. The molecule has 0 amide bonds. The molecule has 0 radical (unpaired) electrons. The normalized spacial score (nSPS) is 23.1. The molecule has 3 heteroatoms. The summed E-state index contributed by atoms with van der Waals surface area (Å²) in [7, 11) is 0. The Labute approximate surface area is 101 Å². The zero-order chi connectivity index (χ0) is 12.3. The predicted molar refractivity (Wildman–Crippen MR) is 65.1 cm³/mol. The Bertz CT molecular complexity index is 414. The molecule has 0 fully saturated rings. The second-order valence-electron chi connectivity index (χ2n) is 4.59. The molecule has 1 aromatic carbocycles. The van der Waals surface area contributed by atoms with Crippen molar-refractivity contribution in [1.29, 1.82) is 0 Å². The van der Waals surface area contributed by atoms with Crippen LogP contribution in [0.4, 0.5) is 0 Å². The van der Waals surface area contributed by atoms with E-state index in [4.69, 9.17) is 4.74 Å². The average molecular weight is 234 g/mol. The molecule has 0 heterocycles. The maximum absolute atomic E-state index is 11.5. The first kappa shape index (κ1) is 12.1. The van der Waals surface area contributed by atoms with Gasteiger partial charge in [0.2, 0.25) is 0 Å². The summed E-state index contributed by atoms with van der Waals surface area (Å²) in [4.78, 5) is 11.5. The second kappa shape index (κ2) is 4.88. The molecule has 0 aromatic heterocycles. The Hall–Kier alpha value is -1.35. The van der Waals surface area contributed by atoms with Gasteiger partial charge < -0.3 is 9.84 Å². The maximum Gasteiger partial charge on any atom is 0.336 e. The number of carbonyl (C=O) groups is 1. The van der Waals surface area contributed by atoms with Crippen LogP contribution in [0, 0.1) is 0 Å². The summed E-state index contributed by atoms with van der Waals surface area (Å²) in [5.74, 6) is -0.833. The Balaban J connectivity index is 2.24. The van der Waals surface area contributed by atoms with Gasteiger partial charge in [0.05, 0.1) is 0 Å². The standard InChI is InChI=1S/C14H18O3/c1-2-9-17-14(13(15)16)8-7-11-5-3-4-6-12(11)10-14/h3-6H,2,7-10H2,1H3,(H,15,16). The van der Waals surface area contributed by atoms with Gasteiger partial charge >= 0.3 is 5.97 Å². The van der Waals surface area contributed by atoms with Crippen LogP contribution in [0.5, 0.6) is 0 Å². The van der Waals surface area contributed by atoms with E-state index < -0.39 is 11.6 Å². The van der Waals surface area contributed by atoms with Crippen LogP contribution in [-0.4, -0.2) is 23.3 Å². The summed E-state index contributed by atoms with van der Waals surface area (Å²) >= 11 is 0. The van der Waals surface area contributed by atoms with Crippen LogP contribution in [0.25, 0.3) is 0 Å². The van der Waals surface area contributed by atoms with E-state index in [1.165, 1.54) is 5.56 Å². The predicted octanol–water partition coefficient (Wildman–Crippen LogP) is 2.43. The largest absolute Gasteiger partial charge is 0.479 e. The van der Waals surface area contributed by atoms with Crippen LogP contribution in [0.1, 0.15) is 30.9 Å². The molecule has 0 saturated carbocycles. The van der Waals surface area contributed by atoms with Gasteiger partial charge in [-0.05, 0) is 30.4 Å². The highest BCUT2D eigenvalue weighted by Crippen LogP contribution is 2.32. The van der Waals surface area contributed by atoms with Crippen LogP contribution in [0.2, 0.25) is 0 Å². The van der Waals surface area contributed by atoms with Crippen molar-refractivity contribution in [3.63, 3.8) is 0 Å². The number of hydrogen-bond acceptors (Lipinski definition) is 2. The van der Waals surface area contributed by atoms with Crippen molar-refractivity contribution in [2.45, 2.75) is 38.2 Å². The molecule has 17 heavy (non-hydrogen) atoms. The number of rotatable bonds is 4. The monoisotopic (exact) mass is 234 g/mol. The topological polar surface area (TPSA) is 46.5 Å². The highest BCUT2D eigenvalue weighted by atomic mass is 16.5. The van der Waals surface area contributed by atoms with Crippen molar-refractivity contribution >= 4 is 5.97 Å². The van der Waals surface area contributed by atoms with E-state index in [1.54, 1.807) is 0 Å². The molecule has 0 spiro atoms. The van der Waals surface area contributed by atoms with Crippen molar-refractivity contribution in [3.05, 3.63) is 35.4 Å². The van der Waals surface area contributed by atoms with E-state index in [-0.39, 0.29) is 0 Å². The highest BCUT2D eigenvalue weighted by molar-refractivity contribution is 5.78. The number of carboxylic acids is 1. The van der Waals surface area contributed by atoms with Crippen molar-refractivity contribution in [1.82, 2.24) is 0 Å². The van der Waals surface area contributed by atoms with E-state index >= 15 is 0 Å². The van der Waals surface area contributed by atoms with Crippen LogP contribution >= 0.6 is 0 Å². The minimum absolute atomic E-state index is 0.485. The molecule has 1 unspecified atom stereocenters. The lowest BCUT2D eigenvalue weighted by Crippen LogP contribution is -2.46. The summed E-state index contributed by atoms with van der Waals surface area (Å²) in [5.41, 5.74) is 1.35. The quantitative estimate of drug-likeness (QED) is 0.870. The number of hydrogen-bond donors (Lipinski definition) is 1. The summed E-state index contributed by atoms with van der Waals surface area (Å²) in [6.45, 7) is 2.50. The van der Waals surface area contributed by atoms with Gasteiger partial charge in [-0.15, -0.1) is 0 Å². The summed E-state index contributed by atoms with van der Waals surface area (Å²) in [6, 6.07) is 8.03. The summed E-state index contributed by atoms with van der Waals surface area (Å²) in [5, 5.41) is 9.42.